The minimum Gasteiger partial charge on any atom is -0.507 e. The summed E-state index contributed by atoms with van der Waals surface area (Å²) in [6.45, 7) is 0.808. The van der Waals surface area contributed by atoms with Crippen LogP contribution in [0.1, 0.15) is 17.2 Å². The van der Waals surface area contributed by atoms with Gasteiger partial charge in [0.15, 0.2) is 0 Å². The number of phenols is 1. The van der Waals surface area contributed by atoms with Gasteiger partial charge in [-0.05, 0) is 50.0 Å². The first-order valence-electron chi connectivity index (χ1n) is 8.88. The Morgan fingerprint density at radius 2 is 1.69 bits per heavy atom. The molecule has 8 heteroatoms. The van der Waals surface area contributed by atoms with Gasteiger partial charge in [-0.1, -0.05) is 35.3 Å². The van der Waals surface area contributed by atoms with Crippen molar-refractivity contribution in [2.24, 2.45) is 0 Å². The van der Waals surface area contributed by atoms with Crippen LogP contribution in [-0.2, 0) is 9.59 Å². The van der Waals surface area contributed by atoms with Crippen LogP contribution in [0.25, 0.3) is 5.76 Å². The smallest absolute Gasteiger partial charge is 0.295 e. The van der Waals surface area contributed by atoms with Crippen molar-refractivity contribution in [2.45, 2.75) is 6.04 Å². The molecule has 1 aliphatic heterocycles. The van der Waals surface area contributed by atoms with E-state index in [1.165, 1.54) is 23.1 Å². The van der Waals surface area contributed by atoms with E-state index < -0.39 is 23.5 Å². The van der Waals surface area contributed by atoms with Crippen molar-refractivity contribution in [3.8, 4) is 5.75 Å². The molecule has 1 saturated heterocycles. The zero-order valence-corrected chi connectivity index (χ0v) is 17.4. The number of carbonyl (C=O) groups is 2. The number of benzene rings is 2. The number of likely N-dealkylation sites (N-methyl/N-ethyl adjacent to an activating group) is 1. The number of likely N-dealkylation sites (tertiary alicyclic amines) is 1. The van der Waals surface area contributed by atoms with Crippen LogP contribution in [0, 0.1) is 0 Å². The SMILES string of the molecule is CN(C)CCN1C(=O)C(=O)C(=C(O)c2cc(Cl)ccc2O)[C@H]1c1ccc(Cl)cc1. The third kappa shape index (κ3) is 4.24. The van der Waals surface area contributed by atoms with Crippen LogP contribution < -0.4 is 0 Å². The van der Waals surface area contributed by atoms with Crippen LogP contribution in [-0.4, -0.2) is 58.9 Å². The Balaban J connectivity index is 2.19. The first-order chi connectivity index (χ1) is 13.7. The van der Waals surface area contributed by atoms with Gasteiger partial charge in [-0.15, -0.1) is 0 Å². The molecule has 2 aromatic carbocycles. The highest BCUT2D eigenvalue weighted by molar-refractivity contribution is 6.46. The Kier molecular flexibility index (Phi) is 6.17. The molecule has 2 N–H and O–H groups in total. The van der Waals surface area contributed by atoms with Gasteiger partial charge in [0.2, 0.25) is 0 Å². The van der Waals surface area contributed by atoms with Gasteiger partial charge in [0.1, 0.15) is 11.5 Å². The number of ketones is 1. The number of hydrogen-bond acceptors (Lipinski definition) is 5. The molecule has 152 valence electrons. The molecule has 0 radical (unpaired) electrons. The Morgan fingerprint density at radius 1 is 1.07 bits per heavy atom. The lowest BCUT2D eigenvalue weighted by molar-refractivity contribution is -0.140. The van der Waals surface area contributed by atoms with Crippen LogP contribution >= 0.6 is 23.2 Å². The van der Waals surface area contributed by atoms with E-state index in [9.17, 15) is 19.8 Å². The molecular formula is C21H20Cl2N2O4. The predicted octanol–water partition coefficient (Wildman–Crippen LogP) is 3.68. The topological polar surface area (TPSA) is 81.1 Å². The molecule has 2 aromatic rings. The molecular weight excluding hydrogens is 415 g/mol. The van der Waals surface area contributed by atoms with Gasteiger partial charge in [0.25, 0.3) is 11.7 Å². The maximum atomic E-state index is 12.9. The minimum absolute atomic E-state index is 0.0120. The summed E-state index contributed by atoms with van der Waals surface area (Å²) >= 11 is 12.0. The van der Waals surface area contributed by atoms with E-state index in [1.807, 2.05) is 19.0 Å². The van der Waals surface area contributed by atoms with Crippen LogP contribution in [0.15, 0.2) is 48.0 Å². The molecule has 0 bridgehead atoms. The predicted molar refractivity (Wildman–Crippen MR) is 112 cm³/mol. The second-order valence-corrected chi connectivity index (χ2v) is 7.88. The van der Waals surface area contributed by atoms with Gasteiger partial charge >= 0.3 is 0 Å². The highest BCUT2D eigenvalue weighted by atomic mass is 35.5. The molecule has 29 heavy (non-hydrogen) atoms. The zero-order valence-electron chi connectivity index (χ0n) is 15.9. The van der Waals surface area contributed by atoms with Gasteiger partial charge in [-0.3, -0.25) is 9.59 Å². The Bertz CT molecular complexity index is 987. The third-order valence-electron chi connectivity index (χ3n) is 4.73. The summed E-state index contributed by atoms with van der Waals surface area (Å²) in [5.74, 6) is -2.26. The summed E-state index contributed by atoms with van der Waals surface area (Å²) in [5.41, 5.74) is 0.506. The summed E-state index contributed by atoms with van der Waals surface area (Å²) in [4.78, 5) is 28.9. The van der Waals surface area contributed by atoms with E-state index in [0.29, 0.717) is 17.1 Å². The van der Waals surface area contributed by atoms with Gasteiger partial charge in [0.05, 0.1) is 17.2 Å². The molecule has 1 fully saturated rings. The zero-order chi connectivity index (χ0) is 21.3. The maximum absolute atomic E-state index is 12.9. The van der Waals surface area contributed by atoms with Crippen molar-refractivity contribution in [1.29, 1.82) is 0 Å². The highest BCUT2D eigenvalue weighted by Crippen LogP contribution is 2.41. The molecule has 0 aliphatic carbocycles. The number of carbonyl (C=O) groups excluding carboxylic acids is 2. The Labute approximate surface area is 178 Å². The van der Waals surface area contributed by atoms with E-state index in [0.717, 1.165) is 0 Å². The lowest BCUT2D eigenvalue weighted by Gasteiger charge is -2.26. The number of aromatic hydroxyl groups is 1. The lowest BCUT2D eigenvalue weighted by atomic mass is 9.95. The molecule has 1 aliphatic rings. The van der Waals surface area contributed by atoms with Crippen molar-refractivity contribution in [3.05, 3.63) is 69.2 Å². The van der Waals surface area contributed by atoms with Gasteiger partial charge in [-0.25, -0.2) is 0 Å². The molecule has 6 nitrogen and oxygen atoms in total. The van der Waals surface area contributed by atoms with E-state index in [-0.39, 0.29) is 28.5 Å². The number of rotatable bonds is 5. The monoisotopic (exact) mass is 434 g/mol. The van der Waals surface area contributed by atoms with Gasteiger partial charge < -0.3 is 20.0 Å². The molecule has 0 unspecified atom stereocenters. The standard InChI is InChI=1S/C21H20Cl2N2O4/c1-24(2)9-10-25-18(12-3-5-13(22)6-4-12)17(20(28)21(25)29)19(27)15-11-14(23)7-8-16(15)26/h3-8,11,18,26-27H,9-10H2,1-2H3/t18-/m1/s1. The summed E-state index contributed by atoms with van der Waals surface area (Å²) in [6, 6.07) is 10.0. The second-order valence-electron chi connectivity index (χ2n) is 7.01. The molecule has 1 heterocycles. The number of hydrogen-bond donors (Lipinski definition) is 2. The number of Topliss-reactive ketones (excluding diaryl/α,β-unsaturated/α-hetero) is 1. The first-order valence-corrected chi connectivity index (χ1v) is 9.63. The Hall–Kier alpha value is -2.54. The quantitative estimate of drug-likeness (QED) is 0.426. The summed E-state index contributed by atoms with van der Waals surface area (Å²) in [5, 5.41) is 21.9. The second kappa shape index (κ2) is 8.45. The van der Waals surface area contributed by atoms with Crippen LogP contribution in [0.3, 0.4) is 0 Å². The van der Waals surface area contributed by atoms with E-state index in [1.54, 1.807) is 24.3 Å². The molecule has 0 aromatic heterocycles. The maximum Gasteiger partial charge on any atom is 0.295 e. The Morgan fingerprint density at radius 3 is 2.31 bits per heavy atom. The summed E-state index contributed by atoms with van der Waals surface area (Å²) < 4.78 is 0. The van der Waals surface area contributed by atoms with Crippen molar-refractivity contribution in [2.75, 3.05) is 27.2 Å². The number of phenolic OH excluding ortho intramolecular Hbond substituents is 1. The van der Waals surface area contributed by atoms with E-state index in [4.69, 9.17) is 23.2 Å². The van der Waals surface area contributed by atoms with Crippen molar-refractivity contribution >= 4 is 40.7 Å². The van der Waals surface area contributed by atoms with Crippen molar-refractivity contribution in [1.82, 2.24) is 9.80 Å². The summed E-state index contributed by atoms with van der Waals surface area (Å²) in [6.07, 6.45) is 0. The summed E-state index contributed by atoms with van der Waals surface area (Å²) in [7, 11) is 3.72. The normalized spacial score (nSPS) is 18.7. The highest BCUT2D eigenvalue weighted by Gasteiger charge is 2.46. The van der Waals surface area contributed by atoms with Gasteiger partial charge in [-0.2, -0.15) is 0 Å². The molecule has 1 atom stereocenters. The number of aliphatic hydroxyl groups is 1. The average molecular weight is 435 g/mol. The fourth-order valence-corrected chi connectivity index (χ4v) is 3.55. The number of aliphatic hydroxyl groups excluding tert-OH is 1. The van der Waals surface area contributed by atoms with Crippen molar-refractivity contribution < 1.29 is 19.8 Å². The molecule has 0 spiro atoms. The molecule has 0 saturated carbocycles. The fraction of sp³-hybridized carbons (Fsp3) is 0.238. The minimum atomic E-state index is -0.819. The number of halogens is 2. The third-order valence-corrected chi connectivity index (χ3v) is 5.21. The number of nitrogens with zero attached hydrogens (tertiary/aromatic N) is 2. The molecule has 3 rings (SSSR count). The largest absolute Gasteiger partial charge is 0.507 e. The van der Waals surface area contributed by atoms with E-state index >= 15 is 0 Å². The molecule has 1 amide bonds. The first kappa shape index (κ1) is 21.2. The lowest BCUT2D eigenvalue weighted by Crippen LogP contribution is -2.35. The van der Waals surface area contributed by atoms with Crippen LogP contribution in [0.2, 0.25) is 10.0 Å². The van der Waals surface area contributed by atoms with E-state index in [2.05, 4.69) is 0 Å². The fourth-order valence-electron chi connectivity index (χ4n) is 3.25. The average Bonchev–Trinajstić information content (AvgIpc) is 2.93. The van der Waals surface area contributed by atoms with Crippen molar-refractivity contribution in [3.63, 3.8) is 0 Å². The number of amides is 1. The van der Waals surface area contributed by atoms with Crippen LogP contribution in [0.5, 0.6) is 5.75 Å². The van der Waals surface area contributed by atoms with Gasteiger partial charge in [0, 0.05) is 23.1 Å². The van der Waals surface area contributed by atoms with Crippen LogP contribution in [0.4, 0.5) is 0 Å².